The summed E-state index contributed by atoms with van der Waals surface area (Å²) in [6, 6.07) is 0. The van der Waals surface area contributed by atoms with Crippen LogP contribution in [-0.4, -0.2) is 144 Å². The van der Waals surface area contributed by atoms with Gasteiger partial charge in [0.15, 0.2) is 5.44 Å². The zero-order chi connectivity index (χ0) is 37.7. The van der Waals surface area contributed by atoms with Crippen LogP contribution >= 0.6 is 135 Å². The molecular weight excluding hydrogens is 861 g/mol. The number of aliphatic hydroxyl groups is 4. The van der Waals surface area contributed by atoms with Gasteiger partial charge >= 0.3 is 5.97 Å². The van der Waals surface area contributed by atoms with Crippen molar-refractivity contribution in [1.82, 2.24) is 19.6 Å². The number of hydrogen-bond acceptors (Lipinski definition) is 18. The monoisotopic (exact) mass is 910 g/mol. The number of ether oxygens (including phenoxy) is 1. The van der Waals surface area contributed by atoms with E-state index in [9.17, 15) is 25.2 Å². The Bertz CT molecular complexity index is 939. The summed E-state index contributed by atoms with van der Waals surface area (Å²) in [4.78, 5) is 20.6. The van der Waals surface area contributed by atoms with E-state index >= 15 is 0 Å². The number of nitrogens with zero attached hydrogens (tertiary/aromatic N) is 4. The van der Waals surface area contributed by atoms with Crippen molar-refractivity contribution in [2.45, 2.75) is 77.1 Å². The Morgan fingerprint density at radius 3 is 1.02 bits per heavy atom. The van der Waals surface area contributed by atoms with E-state index in [0.717, 1.165) is 86.4 Å². The van der Waals surface area contributed by atoms with Gasteiger partial charge in [-0.05, 0) is 109 Å². The SMILES string of the molecule is CCN(CC)C(=S)SSC(O)C(C(O)SSC(=S)N(CC)CC)(C(O)SSC(=S)N(CC)CC)C(OC(=O)CO)SSC(=S)N(CC)CC. The van der Waals surface area contributed by atoms with Crippen LogP contribution in [0, 0.1) is 5.41 Å². The molecule has 0 fully saturated rings. The average Bonchev–Trinajstić information content (AvgIpc) is 3.09. The van der Waals surface area contributed by atoms with Crippen LogP contribution in [0.1, 0.15) is 55.4 Å². The third kappa shape index (κ3) is 16.1. The van der Waals surface area contributed by atoms with E-state index in [1.807, 2.05) is 75.0 Å². The summed E-state index contributed by atoms with van der Waals surface area (Å²) in [5.74, 6) is -1.01. The predicted molar refractivity (Wildman–Crippen MR) is 240 cm³/mol. The molecular formula is C27H50N4O6S12. The quantitative estimate of drug-likeness (QED) is 0.0393. The van der Waals surface area contributed by atoms with Gasteiger partial charge in [-0.1, -0.05) is 81.3 Å². The molecule has 0 aliphatic carbocycles. The lowest BCUT2D eigenvalue weighted by atomic mass is 9.90. The van der Waals surface area contributed by atoms with Crippen LogP contribution in [0.3, 0.4) is 0 Å². The number of rotatable bonds is 22. The van der Waals surface area contributed by atoms with E-state index in [1.54, 1.807) is 0 Å². The third-order valence-electron chi connectivity index (χ3n) is 6.98. The molecule has 0 bridgehead atoms. The van der Waals surface area contributed by atoms with Crippen molar-refractivity contribution < 1.29 is 30.0 Å². The van der Waals surface area contributed by atoms with E-state index in [1.165, 1.54) is 0 Å². The van der Waals surface area contributed by atoms with Crippen LogP contribution in [0.15, 0.2) is 0 Å². The second kappa shape index (κ2) is 28.1. The molecule has 0 saturated heterocycles. The lowest BCUT2D eigenvalue weighted by Crippen LogP contribution is -2.57. The fraction of sp³-hybridized carbons (Fsp3) is 0.815. The molecule has 10 nitrogen and oxygen atoms in total. The molecule has 0 amide bonds. The Balaban J connectivity index is 7.31. The van der Waals surface area contributed by atoms with E-state index in [4.69, 9.17) is 53.6 Å². The molecule has 0 aromatic heterocycles. The molecule has 0 aliphatic rings. The Morgan fingerprint density at radius 1 is 0.551 bits per heavy atom. The Labute approximate surface area is 346 Å². The Kier molecular flexibility index (Phi) is 29.1. The van der Waals surface area contributed by atoms with Crippen LogP contribution in [0.25, 0.3) is 0 Å². The van der Waals surface area contributed by atoms with Gasteiger partial charge in [-0.25, -0.2) is 4.79 Å². The molecule has 0 heterocycles. The standard InChI is InChI=1S/C27H50N4O6S12/c1-9-28(10-2)23(38)46-42-19(34)27(20(35)43-47-24(39)29(11-3)12-4,21(36)44-48-25(40)30(13-5)14-6)22(37-18(33)17-32)45-49-26(41)31(15-7)16-8/h19-22,32,34-36H,9-17H2,1-8H3. The molecule has 0 aromatic carbocycles. The van der Waals surface area contributed by atoms with Crippen LogP contribution in [0.4, 0.5) is 0 Å². The highest BCUT2D eigenvalue weighted by atomic mass is 33.1. The van der Waals surface area contributed by atoms with Crippen molar-refractivity contribution >= 4 is 158 Å². The zero-order valence-corrected chi connectivity index (χ0v) is 38.8. The molecule has 0 saturated carbocycles. The minimum atomic E-state index is -2.02. The summed E-state index contributed by atoms with van der Waals surface area (Å²) >= 11 is 22.6. The maximum atomic E-state index is 12.8. The van der Waals surface area contributed by atoms with Crippen LogP contribution in [0.2, 0.25) is 0 Å². The van der Waals surface area contributed by atoms with Gasteiger partial charge in [0.1, 0.15) is 45.6 Å². The lowest BCUT2D eigenvalue weighted by molar-refractivity contribution is -0.162. The van der Waals surface area contributed by atoms with Gasteiger partial charge in [0, 0.05) is 52.4 Å². The molecule has 49 heavy (non-hydrogen) atoms. The number of thiocarbonyl (C=S) groups is 4. The first kappa shape index (κ1) is 50.7. The van der Waals surface area contributed by atoms with Gasteiger partial charge in [0.25, 0.3) is 0 Å². The molecule has 0 aromatic rings. The highest BCUT2D eigenvalue weighted by Crippen LogP contribution is 2.58. The average molecular weight is 912 g/mol. The second-order valence-electron chi connectivity index (χ2n) is 9.51. The van der Waals surface area contributed by atoms with Gasteiger partial charge < -0.3 is 44.8 Å². The van der Waals surface area contributed by atoms with Gasteiger partial charge in [0.05, 0.1) is 0 Å². The molecule has 0 rings (SSSR count). The zero-order valence-electron chi connectivity index (χ0n) is 29.0. The molecule has 4 N–H and O–H groups in total. The van der Waals surface area contributed by atoms with Gasteiger partial charge in [-0.15, -0.1) is 0 Å². The number of esters is 1. The number of carbonyl (C=O) groups is 1. The maximum absolute atomic E-state index is 12.8. The first-order valence-electron chi connectivity index (χ1n) is 15.6. The lowest BCUT2D eigenvalue weighted by Gasteiger charge is -2.47. The van der Waals surface area contributed by atoms with Gasteiger partial charge in [0.2, 0.25) is 0 Å². The summed E-state index contributed by atoms with van der Waals surface area (Å²) < 4.78 is 7.78. The van der Waals surface area contributed by atoms with Crippen molar-refractivity contribution in [2.24, 2.45) is 5.41 Å². The molecule has 22 heteroatoms. The minimum Gasteiger partial charge on any atom is -0.448 e. The number of aliphatic hydroxyl groups excluding tert-OH is 4. The summed E-state index contributed by atoms with van der Waals surface area (Å²) in [5.41, 5.74) is -8.23. The smallest absolute Gasteiger partial charge is 0.332 e. The molecule has 0 radical (unpaired) electrons. The third-order valence-corrected chi connectivity index (χ3v) is 19.9. The Hall–Kier alpha value is 1.67. The first-order valence-corrected chi connectivity index (χ1v) is 26.1. The summed E-state index contributed by atoms with van der Waals surface area (Å²) in [6.07, 6.45) is 0. The van der Waals surface area contributed by atoms with Crippen LogP contribution in [-0.2, 0) is 9.53 Å². The molecule has 4 unspecified atom stereocenters. The summed E-state index contributed by atoms with van der Waals surface area (Å²) in [7, 11) is 8.25. The summed E-state index contributed by atoms with van der Waals surface area (Å²) in [5, 5.41) is 46.4. The fourth-order valence-corrected chi connectivity index (χ4v) is 16.7. The van der Waals surface area contributed by atoms with Crippen molar-refractivity contribution in [3.8, 4) is 0 Å². The molecule has 286 valence electrons. The molecule has 4 atom stereocenters. The normalized spacial score (nSPS) is 14.9. The Morgan fingerprint density at radius 2 is 0.796 bits per heavy atom. The van der Waals surface area contributed by atoms with E-state index < -0.39 is 39.7 Å². The topological polar surface area (TPSA) is 120 Å². The van der Waals surface area contributed by atoms with Gasteiger partial charge in [-0.3, -0.25) is 0 Å². The van der Waals surface area contributed by atoms with E-state index in [0.29, 0.717) is 69.6 Å². The van der Waals surface area contributed by atoms with E-state index in [-0.39, 0.29) is 0 Å². The van der Waals surface area contributed by atoms with Gasteiger partial charge in [-0.2, -0.15) is 0 Å². The first-order chi connectivity index (χ1) is 23.2. The number of carbonyl (C=O) groups excluding carboxylic acids is 1. The highest BCUT2D eigenvalue weighted by molar-refractivity contribution is 8.85. The van der Waals surface area contributed by atoms with E-state index in [2.05, 4.69) is 0 Å². The number of hydrogen-bond donors (Lipinski definition) is 4. The predicted octanol–water partition coefficient (Wildman–Crippen LogP) is 6.82. The minimum absolute atomic E-state index is 0.478. The van der Waals surface area contributed by atoms with Crippen molar-refractivity contribution in [1.29, 1.82) is 0 Å². The van der Waals surface area contributed by atoms with Crippen molar-refractivity contribution in [2.75, 3.05) is 59.0 Å². The largest absolute Gasteiger partial charge is 0.448 e. The fourth-order valence-electron chi connectivity index (χ4n) is 3.81. The van der Waals surface area contributed by atoms with Crippen LogP contribution < -0.4 is 0 Å². The molecule has 0 spiro atoms. The van der Waals surface area contributed by atoms with Crippen molar-refractivity contribution in [3.05, 3.63) is 0 Å². The van der Waals surface area contributed by atoms with Crippen molar-refractivity contribution in [3.63, 3.8) is 0 Å². The maximum Gasteiger partial charge on any atom is 0.332 e. The molecule has 0 aliphatic heterocycles. The summed E-state index contributed by atoms with van der Waals surface area (Å²) in [6.45, 7) is 19.9. The van der Waals surface area contributed by atoms with Crippen LogP contribution in [0.5, 0.6) is 0 Å². The highest BCUT2D eigenvalue weighted by Gasteiger charge is 2.60. The second-order valence-corrected chi connectivity index (χ2v) is 21.1.